The summed E-state index contributed by atoms with van der Waals surface area (Å²) in [5, 5.41) is 2.59. The number of para-hydroxylation sites is 1. The molecule has 0 saturated heterocycles. The summed E-state index contributed by atoms with van der Waals surface area (Å²) in [6, 6.07) is 14.4. The summed E-state index contributed by atoms with van der Waals surface area (Å²) < 4.78 is 30.2. The summed E-state index contributed by atoms with van der Waals surface area (Å²) >= 11 is 0. The molecule has 24 heavy (non-hydrogen) atoms. The van der Waals surface area contributed by atoms with Crippen molar-refractivity contribution in [1.29, 1.82) is 0 Å². The number of hydrogen-bond acceptors (Lipinski definition) is 5. The van der Waals surface area contributed by atoms with E-state index in [1.807, 2.05) is 4.72 Å². The van der Waals surface area contributed by atoms with Gasteiger partial charge in [0.05, 0.1) is 6.42 Å². The monoisotopic (exact) mass is 348 g/mol. The Morgan fingerprint density at radius 1 is 1.04 bits per heavy atom. The van der Waals surface area contributed by atoms with Gasteiger partial charge in [-0.05, 0) is 29.8 Å². The van der Waals surface area contributed by atoms with Crippen LogP contribution in [0.25, 0.3) is 0 Å². The van der Waals surface area contributed by atoms with E-state index in [0.717, 1.165) is 0 Å². The summed E-state index contributed by atoms with van der Waals surface area (Å²) in [5.74, 6) is -0.883. The van der Waals surface area contributed by atoms with Crippen LogP contribution < -0.4 is 14.2 Å². The molecule has 2 rings (SSSR count). The van der Waals surface area contributed by atoms with Gasteiger partial charge in [0.2, 0.25) is 11.8 Å². The van der Waals surface area contributed by atoms with E-state index >= 15 is 0 Å². The quantitative estimate of drug-likeness (QED) is 0.826. The van der Waals surface area contributed by atoms with Crippen LogP contribution in [0.3, 0.4) is 0 Å². The molecule has 0 unspecified atom stereocenters. The smallest absolute Gasteiger partial charge is 0.367 e. The second-order valence-electron chi connectivity index (χ2n) is 4.93. The molecule has 2 amide bonds. The van der Waals surface area contributed by atoms with E-state index in [4.69, 9.17) is 4.18 Å². The van der Waals surface area contributed by atoms with Gasteiger partial charge in [0, 0.05) is 12.6 Å². The highest BCUT2D eigenvalue weighted by Gasteiger charge is 2.17. The van der Waals surface area contributed by atoms with E-state index in [-0.39, 0.29) is 18.1 Å². The van der Waals surface area contributed by atoms with Crippen LogP contribution in [0.2, 0.25) is 0 Å². The standard InChI is InChI=1S/C16H16N2O5S/c1-12(19)17-14-7-5-6-13(10-14)11-16(20)18-24(21,22)23-15-8-3-2-4-9-15/h2-10H,11H2,1H3,(H,17,19)(H,18,20). The minimum absolute atomic E-state index is 0.102. The third kappa shape index (κ3) is 5.73. The topological polar surface area (TPSA) is 102 Å². The van der Waals surface area contributed by atoms with Gasteiger partial charge in [0.25, 0.3) is 0 Å². The molecule has 0 saturated carbocycles. The van der Waals surface area contributed by atoms with Gasteiger partial charge in [0.15, 0.2) is 0 Å². The maximum atomic E-state index is 11.9. The van der Waals surface area contributed by atoms with Gasteiger partial charge >= 0.3 is 10.3 Å². The molecule has 0 fully saturated rings. The normalized spacial score (nSPS) is 10.7. The number of rotatable bonds is 6. The maximum absolute atomic E-state index is 11.9. The predicted octanol–water partition coefficient (Wildman–Crippen LogP) is 1.63. The summed E-state index contributed by atoms with van der Waals surface area (Å²) in [6.45, 7) is 1.37. The van der Waals surface area contributed by atoms with Crippen LogP contribution in [0.15, 0.2) is 54.6 Å². The molecule has 0 bridgehead atoms. The first-order valence-corrected chi connectivity index (χ1v) is 8.41. The van der Waals surface area contributed by atoms with Crippen LogP contribution in [0, 0.1) is 0 Å². The number of carbonyl (C=O) groups excluding carboxylic acids is 2. The van der Waals surface area contributed by atoms with Crippen LogP contribution in [0.5, 0.6) is 5.75 Å². The lowest BCUT2D eigenvalue weighted by Gasteiger charge is -2.09. The van der Waals surface area contributed by atoms with Crippen molar-refractivity contribution in [2.45, 2.75) is 13.3 Å². The van der Waals surface area contributed by atoms with Crippen molar-refractivity contribution in [2.75, 3.05) is 5.32 Å². The van der Waals surface area contributed by atoms with Crippen molar-refractivity contribution in [3.63, 3.8) is 0 Å². The van der Waals surface area contributed by atoms with Gasteiger partial charge in [-0.3, -0.25) is 9.59 Å². The van der Waals surface area contributed by atoms with Gasteiger partial charge in [-0.25, -0.2) is 4.72 Å². The van der Waals surface area contributed by atoms with Crippen LogP contribution in [0.4, 0.5) is 5.69 Å². The number of amides is 2. The van der Waals surface area contributed by atoms with Crippen LogP contribution >= 0.6 is 0 Å². The molecule has 2 N–H and O–H groups in total. The van der Waals surface area contributed by atoms with Gasteiger partial charge in [-0.15, -0.1) is 0 Å². The fraction of sp³-hybridized carbons (Fsp3) is 0.125. The Balaban J connectivity index is 1.98. The van der Waals surface area contributed by atoms with Gasteiger partial charge in [0.1, 0.15) is 5.75 Å². The van der Waals surface area contributed by atoms with E-state index in [1.165, 1.54) is 19.1 Å². The SMILES string of the molecule is CC(=O)Nc1cccc(CC(=O)NS(=O)(=O)Oc2ccccc2)c1. The van der Waals surface area contributed by atoms with Crippen molar-refractivity contribution in [3.05, 3.63) is 60.2 Å². The summed E-state index contributed by atoms with van der Waals surface area (Å²) in [6.07, 6.45) is -0.176. The molecule has 0 aliphatic heterocycles. The zero-order valence-electron chi connectivity index (χ0n) is 12.9. The predicted molar refractivity (Wildman–Crippen MR) is 88.6 cm³/mol. The molecule has 0 spiro atoms. The molecule has 126 valence electrons. The molecule has 8 heteroatoms. The van der Waals surface area contributed by atoms with Crippen LogP contribution in [0.1, 0.15) is 12.5 Å². The molecule has 0 aliphatic carbocycles. The van der Waals surface area contributed by atoms with Crippen molar-refractivity contribution in [1.82, 2.24) is 4.72 Å². The van der Waals surface area contributed by atoms with E-state index in [9.17, 15) is 18.0 Å². The molecule has 0 aliphatic rings. The number of nitrogens with one attached hydrogen (secondary N) is 2. The first-order valence-electron chi connectivity index (χ1n) is 7.01. The van der Waals surface area contributed by atoms with E-state index in [0.29, 0.717) is 11.3 Å². The fourth-order valence-electron chi connectivity index (χ4n) is 1.95. The Labute approximate surface area is 139 Å². The van der Waals surface area contributed by atoms with E-state index < -0.39 is 16.2 Å². The van der Waals surface area contributed by atoms with E-state index in [1.54, 1.807) is 42.5 Å². The lowest BCUT2D eigenvalue weighted by Crippen LogP contribution is -2.35. The minimum atomic E-state index is -4.25. The molecular weight excluding hydrogens is 332 g/mol. The van der Waals surface area contributed by atoms with E-state index in [2.05, 4.69) is 5.32 Å². The maximum Gasteiger partial charge on any atom is 0.409 e. The van der Waals surface area contributed by atoms with Crippen molar-refractivity contribution in [2.24, 2.45) is 0 Å². The Bertz CT molecular complexity index is 835. The molecule has 2 aromatic rings. The Morgan fingerprint density at radius 2 is 1.75 bits per heavy atom. The first-order chi connectivity index (χ1) is 11.3. The van der Waals surface area contributed by atoms with Crippen molar-refractivity contribution in [3.8, 4) is 5.75 Å². The van der Waals surface area contributed by atoms with Crippen molar-refractivity contribution >= 4 is 27.8 Å². The Kier molecular flexibility index (Phi) is 5.54. The molecule has 0 radical (unpaired) electrons. The second kappa shape index (κ2) is 7.60. The zero-order valence-corrected chi connectivity index (χ0v) is 13.7. The minimum Gasteiger partial charge on any atom is -0.367 e. The molecule has 7 nitrogen and oxygen atoms in total. The Hall–Kier alpha value is -2.87. The number of hydrogen-bond donors (Lipinski definition) is 2. The molecule has 0 aromatic heterocycles. The van der Waals surface area contributed by atoms with Gasteiger partial charge in [-0.1, -0.05) is 30.3 Å². The van der Waals surface area contributed by atoms with Gasteiger partial charge in [-0.2, -0.15) is 8.42 Å². The largest absolute Gasteiger partial charge is 0.409 e. The highest BCUT2D eigenvalue weighted by atomic mass is 32.2. The Morgan fingerprint density at radius 3 is 2.42 bits per heavy atom. The van der Waals surface area contributed by atoms with Crippen LogP contribution in [-0.4, -0.2) is 20.2 Å². The lowest BCUT2D eigenvalue weighted by molar-refractivity contribution is -0.118. The molecule has 0 heterocycles. The second-order valence-corrected chi connectivity index (χ2v) is 6.21. The van der Waals surface area contributed by atoms with Crippen LogP contribution in [-0.2, 0) is 26.3 Å². The fourth-order valence-corrected chi connectivity index (χ4v) is 2.70. The molecule has 0 atom stereocenters. The third-order valence-corrected chi connectivity index (χ3v) is 3.69. The third-order valence-electron chi connectivity index (χ3n) is 2.80. The molecular formula is C16H16N2O5S. The number of anilines is 1. The summed E-state index contributed by atoms with van der Waals surface area (Å²) in [7, 11) is -4.25. The lowest BCUT2D eigenvalue weighted by atomic mass is 10.1. The average molecular weight is 348 g/mol. The average Bonchev–Trinajstić information content (AvgIpc) is 2.46. The summed E-state index contributed by atoms with van der Waals surface area (Å²) in [4.78, 5) is 22.9. The number of carbonyl (C=O) groups is 2. The highest BCUT2D eigenvalue weighted by Crippen LogP contribution is 2.12. The first kappa shape index (κ1) is 17.5. The van der Waals surface area contributed by atoms with Gasteiger partial charge < -0.3 is 9.50 Å². The van der Waals surface area contributed by atoms with Crippen molar-refractivity contribution < 1.29 is 22.2 Å². The summed E-state index contributed by atoms with van der Waals surface area (Å²) in [5.41, 5.74) is 1.07. The zero-order chi connectivity index (χ0) is 17.6. The number of benzene rings is 2. The highest BCUT2D eigenvalue weighted by molar-refractivity contribution is 7.85. The molecule has 2 aromatic carbocycles.